The van der Waals surface area contributed by atoms with Crippen molar-refractivity contribution in [3.63, 3.8) is 0 Å². The van der Waals surface area contributed by atoms with E-state index < -0.39 is 23.0 Å². The Bertz CT molecular complexity index is 554. The zero-order valence-corrected chi connectivity index (χ0v) is 9.25. The molecule has 0 aliphatic carbocycles. The summed E-state index contributed by atoms with van der Waals surface area (Å²) in [5.41, 5.74) is -0.0164. The minimum absolute atomic E-state index is 0.218. The van der Waals surface area contributed by atoms with Crippen LogP contribution in [0.25, 0.3) is 0 Å². The van der Waals surface area contributed by atoms with Crippen LogP contribution in [0.2, 0.25) is 0 Å². The average molecular weight is 253 g/mol. The molecular formula is C11H8FNO5. The van der Waals surface area contributed by atoms with Crippen molar-refractivity contribution in [1.82, 2.24) is 0 Å². The molecule has 1 aromatic carbocycles. The minimum Gasteiger partial charge on any atom is -0.448 e. The largest absolute Gasteiger partial charge is 0.448 e. The van der Waals surface area contributed by atoms with E-state index in [4.69, 9.17) is 9.47 Å². The SMILES string of the molecule is CC1=CC(Oc2ccc([N+](=O)[O-])cc2F)OC1=O. The van der Waals surface area contributed by atoms with Gasteiger partial charge in [0.2, 0.25) is 0 Å². The Hall–Kier alpha value is -2.44. The van der Waals surface area contributed by atoms with Gasteiger partial charge in [-0.1, -0.05) is 0 Å². The quantitative estimate of drug-likeness (QED) is 0.467. The van der Waals surface area contributed by atoms with Crippen LogP contribution in [0.3, 0.4) is 0 Å². The maximum atomic E-state index is 13.5. The molecule has 0 radical (unpaired) electrons. The highest BCUT2D eigenvalue weighted by atomic mass is 19.1. The standard InChI is InChI=1S/C11H8FNO5/c1-6-4-10(18-11(6)14)17-9-3-2-7(13(15)16)5-8(9)12/h2-5,10H,1H3. The summed E-state index contributed by atoms with van der Waals surface area (Å²) in [5.74, 6) is -1.65. The lowest BCUT2D eigenvalue weighted by atomic mass is 10.3. The van der Waals surface area contributed by atoms with Gasteiger partial charge in [0, 0.05) is 17.7 Å². The number of hydrogen-bond acceptors (Lipinski definition) is 5. The van der Waals surface area contributed by atoms with Gasteiger partial charge in [-0.25, -0.2) is 9.18 Å². The second-order valence-corrected chi connectivity index (χ2v) is 3.61. The fourth-order valence-electron chi connectivity index (χ4n) is 1.39. The van der Waals surface area contributed by atoms with E-state index in [2.05, 4.69) is 0 Å². The minimum atomic E-state index is -1.01. The van der Waals surface area contributed by atoms with E-state index in [1.54, 1.807) is 0 Å². The Balaban J connectivity index is 2.16. The number of cyclic esters (lactones) is 1. The predicted octanol–water partition coefficient (Wildman–Crippen LogP) is 1.94. The van der Waals surface area contributed by atoms with E-state index in [-0.39, 0.29) is 11.4 Å². The lowest BCUT2D eigenvalue weighted by Gasteiger charge is -2.11. The predicted molar refractivity (Wildman–Crippen MR) is 57.3 cm³/mol. The molecule has 2 rings (SSSR count). The maximum Gasteiger partial charge on any atom is 0.336 e. The second kappa shape index (κ2) is 4.44. The van der Waals surface area contributed by atoms with Gasteiger partial charge in [0.05, 0.1) is 11.0 Å². The molecule has 1 aliphatic rings. The molecule has 94 valence electrons. The van der Waals surface area contributed by atoms with Crippen molar-refractivity contribution in [2.75, 3.05) is 0 Å². The van der Waals surface area contributed by atoms with Gasteiger partial charge in [-0.15, -0.1) is 0 Å². The number of rotatable bonds is 3. The number of hydrogen-bond donors (Lipinski definition) is 0. The van der Waals surface area contributed by atoms with E-state index >= 15 is 0 Å². The highest BCUT2D eigenvalue weighted by Crippen LogP contribution is 2.25. The van der Waals surface area contributed by atoms with E-state index in [1.165, 1.54) is 13.0 Å². The number of benzene rings is 1. The van der Waals surface area contributed by atoms with Crippen molar-refractivity contribution >= 4 is 11.7 Å². The molecule has 6 nitrogen and oxygen atoms in total. The smallest absolute Gasteiger partial charge is 0.336 e. The van der Waals surface area contributed by atoms with E-state index in [0.717, 1.165) is 18.2 Å². The van der Waals surface area contributed by atoms with Crippen molar-refractivity contribution in [2.24, 2.45) is 0 Å². The summed E-state index contributed by atoms with van der Waals surface area (Å²) in [7, 11) is 0. The molecule has 0 fully saturated rings. The van der Waals surface area contributed by atoms with Crippen molar-refractivity contribution in [3.8, 4) is 5.75 Å². The summed E-state index contributed by atoms with van der Waals surface area (Å²) < 4.78 is 23.3. The lowest BCUT2D eigenvalue weighted by Crippen LogP contribution is -2.16. The number of carbonyl (C=O) groups excluding carboxylic acids is 1. The van der Waals surface area contributed by atoms with Crippen LogP contribution in [0.1, 0.15) is 6.92 Å². The van der Waals surface area contributed by atoms with Gasteiger partial charge in [0.15, 0.2) is 11.6 Å². The van der Waals surface area contributed by atoms with Gasteiger partial charge in [0.1, 0.15) is 0 Å². The van der Waals surface area contributed by atoms with Crippen LogP contribution in [-0.2, 0) is 9.53 Å². The van der Waals surface area contributed by atoms with Crippen LogP contribution in [0.4, 0.5) is 10.1 Å². The molecule has 18 heavy (non-hydrogen) atoms. The summed E-state index contributed by atoms with van der Waals surface area (Å²) in [5, 5.41) is 10.4. The van der Waals surface area contributed by atoms with Gasteiger partial charge in [-0.05, 0) is 13.0 Å². The number of nitrogens with zero attached hydrogens (tertiary/aromatic N) is 1. The van der Waals surface area contributed by atoms with Crippen molar-refractivity contribution in [2.45, 2.75) is 13.2 Å². The van der Waals surface area contributed by atoms with E-state index in [1.807, 2.05) is 0 Å². The molecule has 0 amide bonds. The number of carbonyl (C=O) groups is 1. The molecule has 1 unspecified atom stereocenters. The number of ether oxygens (including phenoxy) is 2. The molecular weight excluding hydrogens is 245 g/mol. The summed E-state index contributed by atoms with van der Waals surface area (Å²) in [4.78, 5) is 20.7. The number of non-ortho nitro benzene ring substituents is 1. The average Bonchev–Trinajstić information content (AvgIpc) is 2.61. The third-order valence-electron chi connectivity index (χ3n) is 2.30. The molecule has 1 heterocycles. The van der Waals surface area contributed by atoms with Crippen LogP contribution in [-0.4, -0.2) is 17.2 Å². The number of halogens is 1. The Morgan fingerprint density at radius 1 is 1.50 bits per heavy atom. The molecule has 7 heteroatoms. The Kier molecular flexibility index (Phi) is 2.97. The zero-order chi connectivity index (χ0) is 13.3. The summed E-state index contributed by atoms with van der Waals surface area (Å²) in [6.45, 7) is 1.54. The van der Waals surface area contributed by atoms with Gasteiger partial charge in [0.25, 0.3) is 12.0 Å². The van der Waals surface area contributed by atoms with Gasteiger partial charge >= 0.3 is 5.97 Å². The Labute approximate surface area is 101 Å². The highest BCUT2D eigenvalue weighted by molar-refractivity contribution is 5.90. The van der Waals surface area contributed by atoms with Crippen LogP contribution in [0.5, 0.6) is 5.75 Å². The first-order valence-corrected chi connectivity index (χ1v) is 4.97. The van der Waals surface area contributed by atoms with Gasteiger partial charge < -0.3 is 9.47 Å². The number of nitro benzene ring substituents is 1. The lowest BCUT2D eigenvalue weighted by molar-refractivity contribution is -0.385. The summed E-state index contributed by atoms with van der Waals surface area (Å²) >= 11 is 0. The number of nitro groups is 1. The third-order valence-corrected chi connectivity index (χ3v) is 2.30. The highest BCUT2D eigenvalue weighted by Gasteiger charge is 2.24. The summed E-state index contributed by atoms with van der Waals surface area (Å²) in [6, 6.07) is 2.96. The van der Waals surface area contributed by atoms with Crippen molar-refractivity contribution < 1.29 is 23.6 Å². The molecule has 1 atom stereocenters. The van der Waals surface area contributed by atoms with Crippen molar-refractivity contribution in [1.29, 1.82) is 0 Å². The molecule has 0 spiro atoms. The monoisotopic (exact) mass is 253 g/mol. The first kappa shape index (κ1) is 12.0. The Morgan fingerprint density at radius 2 is 2.22 bits per heavy atom. The topological polar surface area (TPSA) is 78.7 Å². The third kappa shape index (κ3) is 2.29. The summed E-state index contributed by atoms with van der Waals surface area (Å²) in [6.07, 6.45) is 0.386. The molecule has 0 saturated heterocycles. The van der Waals surface area contributed by atoms with E-state index in [0.29, 0.717) is 5.57 Å². The van der Waals surface area contributed by atoms with Crippen molar-refractivity contribution in [3.05, 3.63) is 45.8 Å². The molecule has 0 aromatic heterocycles. The molecule has 1 aliphatic heterocycles. The normalized spacial score (nSPS) is 18.2. The fraction of sp³-hybridized carbons (Fsp3) is 0.182. The van der Waals surface area contributed by atoms with Crippen LogP contribution in [0.15, 0.2) is 29.8 Å². The second-order valence-electron chi connectivity index (χ2n) is 3.61. The zero-order valence-electron chi connectivity index (χ0n) is 9.25. The fourth-order valence-corrected chi connectivity index (χ4v) is 1.39. The van der Waals surface area contributed by atoms with E-state index in [9.17, 15) is 19.3 Å². The van der Waals surface area contributed by atoms with Crippen LogP contribution in [0, 0.1) is 15.9 Å². The van der Waals surface area contributed by atoms with Crippen LogP contribution < -0.4 is 4.74 Å². The van der Waals surface area contributed by atoms with Gasteiger partial charge in [-0.2, -0.15) is 0 Å². The first-order chi connectivity index (χ1) is 8.47. The molecule has 0 saturated carbocycles. The first-order valence-electron chi connectivity index (χ1n) is 4.97. The van der Waals surface area contributed by atoms with Crippen LogP contribution >= 0.6 is 0 Å². The molecule has 0 N–H and O–H groups in total. The number of esters is 1. The maximum absolute atomic E-state index is 13.5. The molecule has 0 bridgehead atoms. The Morgan fingerprint density at radius 3 is 2.72 bits per heavy atom. The molecule has 1 aromatic rings. The van der Waals surface area contributed by atoms with Gasteiger partial charge in [-0.3, -0.25) is 10.1 Å².